The highest BCUT2D eigenvalue weighted by Crippen LogP contribution is 2.35. The summed E-state index contributed by atoms with van der Waals surface area (Å²) in [6.07, 6.45) is 1.62. The van der Waals surface area contributed by atoms with Crippen LogP contribution in [0.1, 0.15) is 28.4 Å². The zero-order chi connectivity index (χ0) is 24.1. The quantitative estimate of drug-likeness (QED) is 0.222. The number of amides is 2. The molecule has 1 heterocycles. The minimum absolute atomic E-state index is 0.140. The zero-order valence-corrected chi connectivity index (χ0v) is 19.8. The molecule has 1 fully saturated rings. The molecule has 34 heavy (non-hydrogen) atoms. The Kier molecular flexibility index (Phi) is 7.35. The van der Waals surface area contributed by atoms with E-state index in [9.17, 15) is 14.4 Å². The highest BCUT2D eigenvalue weighted by atomic mass is 35.5. The molecule has 3 aromatic carbocycles. The number of carbonyl (C=O) groups is 3. The summed E-state index contributed by atoms with van der Waals surface area (Å²) in [5.41, 5.74) is 1.82. The summed E-state index contributed by atoms with van der Waals surface area (Å²) in [5.74, 6) is -0.260. The smallest absolute Gasteiger partial charge is 0.343 e. The Balaban J connectivity index is 1.54. The van der Waals surface area contributed by atoms with Crippen molar-refractivity contribution in [3.63, 3.8) is 0 Å². The molecular formula is C26H20ClNO5S. The second-order valence-electron chi connectivity index (χ2n) is 7.29. The molecule has 1 aliphatic rings. The molecule has 0 bridgehead atoms. The molecule has 0 saturated carbocycles. The molecule has 2 amide bonds. The highest BCUT2D eigenvalue weighted by molar-refractivity contribution is 8.18. The number of ether oxygens (including phenoxy) is 2. The normalized spacial score (nSPS) is 14.5. The predicted molar refractivity (Wildman–Crippen MR) is 132 cm³/mol. The van der Waals surface area contributed by atoms with E-state index in [0.717, 1.165) is 17.3 Å². The lowest BCUT2D eigenvalue weighted by Crippen LogP contribution is -2.27. The maximum Gasteiger partial charge on any atom is 0.343 e. The van der Waals surface area contributed by atoms with E-state index in [1.807, 2.05) is 19.1 Å². The first kappa shape index (κ1) is 23.6. The van der Waals surface area contributed by atoms with Gasteiger partial charge in [0.2, 0.25) is 0 Å². The van der Waals surface area contributed by atoms with Gasteiger partial charge in [-0.25, -0.2) is 4.79 Å². The molecule has 3 aromatic rings. The van der Waals surface area contributed by atoms with E-state index in [-0.39, 0.29) is 23.4 Å². The lowest BCUT2D eigenvalue weighted by molar-refractivity contribution is -0.123. The Hall–Kier alpha value is -3.55. The van der Waals surface area contributed by atoms with Crippen molar-refractivity contribution in [2.75, 3.05) is 6.61 Å². The number of esters is 1. The van der Waals surface area contributed by atoms with Crippen molar-refractivity contribution in [3.05, 3.63) is 99.4 Å². The number of nitrogens with zero attached hydrogens (tertiary/aromatic N) is 1. The van der Waals surface area contributed by atoms with Crippen LogP contribution in [-0.4, -0.2) is 28.6 Å². The van der Waals surface area contributed by atoms with Crippen LogP contribution in [0.15, 0.2) is 77.7 Å². The van der Waals surface area contributed by atoms with Gasteiger partial charge in [-0.1, -0.05) is 48.0 Å². The van der Waals surface area contributed by atoms with Gasteiger partial charge in [0.1, 0.15) is 0 Å². The Morgan fingerprint density at radius 2 is 1.79 bits per heavy atom. The van der Waals surface area contributed by atoms with Crippen molar-refractivity contribution < 1.29 is 23.9 Å². The molecule has 1 saturated heterocycles. The Labute approximate surface area is 206 Å². The fourth-order valence-electron chi connectivity index (χ4n) is 3.31. The Bertz CT molecular complexity index is 1280. The largest absolute Gasteiger partial charge is 0.490 e. The van der Waals surface area contributed by atoms with Gasteiger partial charge in [-0.05, 0) is 72.3 Å². The third-order valence-electron chi connectivity index (χ3n) is 4.88. The third-order valence-corrected chi connectivity index (χ3v) is 6.02. The first-order chi connectivity index (χ1) is 16.4. The molecule has 0 unspecified atom stereocenters. The topological polar surface area (TPSA) is 72.9 Å². The molecule has 0 N–H and O–H groups in total. The number of thioether (sulfide) groups is 1. The Morgan fingerprint density at radius 3 is 2.53 bits per heavy atom. The minimum Gasteiger partial charge on any atom is -0.490 e. The van der Waals surface area contributed by atoms with E-state index in [0.29, 0.717) is 33.4 Å². The zero-order valence-electron chi connectivity index (χ0n) is 18.2. The summed E-state index contributed by atoms with van der Waals surface area (Å²) in [7, 11) is 0. The van der Waals surface area contributed by atoms with Crippen LogP contribution in [0.5, 0.6) is 11.5 Å². The van der Waals surface area contributed by atoms with Gasteiger partial charge >= 0.3 is 5.97 Å². The monoisotopic (exact) mass is 493 g/mol. The average Bonchev–Trinajstić information content (AvgIpc) is 3.08. The van der Waals surface area contributed by atoms with Crippen molar-refractivity contribution in [3.8, 4) is 11.5 Å². The number of benzene rings is 3. The summed E-state index contributed by atoms with van der Waals surface area (Å²) >= 11 is 6.88. The van der Waals surface area contributed by atoms with Crippen LogP contribution >= 0.6 is 23.4 Å². The van der Waals surface area contributed by atoms with Gasteiger partial charge in [-0.2, -0.15) is 0 Å². The standard InChI is InChI=1S/C26H20ClNO5S/c1-2-32-22-14-17(11-12-21(22)33-25(30)19-8-4-3-5-9-19)15-23-24(29)28(26(31)34-23)16-18-7-6-10-20(27)13-18/h3-15H,2,16H2,1H3/b23-15-. The number of carbonyl (C=O) groups excluding carboxylic acids is 3. The molecule has 0 spiro atoms. The van der Waals surface area contributed by atoms with Crippen molar-refractivity contribution in [1.29, 1.82) is 0 Å². The maximum absolute atomic E-state index is 12.9. The second-order valence-corrected chi connectivity index (χ2v) is 8.72. The van der Waals surface area contributed by atoms with Crippen LogP contribution in [0.25, 0.3) is 6.08 Å². The summed E-state index contributed by atoms with van der Waals surface area (Å²) < 4.78 is 11.2. The molecule has 0 aromatic heterocycles. The van der Waals surface area contributed by atoms with Crippen LogP contribution in [-0.2, 0) is 11.3 Å². The molecule has 8 heteroatoms. The van der Waals surface area contributed by atoms with Crippen molar-refractivity contribution in [2.45, 2.75) is 13.5 Å². The fourth-order valence-corrected chi connectivity index (χ4v) is 4.36. The lowest BCUT2D eigenvalue weighted by Gasteiger charge is -2.13. The van der Waals surface area contributed by atoms with Gasteiger partial charge in [-0.15, -0.1) is 0 Å². The molecule has 0 aliphatic carbocycles. The number of imide groups is 1. The van der Waals surface area contributed by atoms with Gasteiger partial charge in [0.25, 0.3) is 11.1 Å². The summed E-state index contributed by atoms with van der Waals surface area (Å²) in [6.45, 7) is 2.31. The predicted octanol–water partition coefficient (Wildman–Crippen LogP) is 6.19. The minimum atomic E-state index is -0.503. The number of rotatable bonds is 7. The van der Waals surface area contributed by atoms with Crippen molar-refractivity contribution in [2.24, 2.45) is 0 Å². The van der Waals surface area contributed by atoms with E-state index in [1.165, 1.54) is 4.90 Å². The highest BCUT2D eigenvalue weighted by Gasteiger charge is 2.35. The molecule has 172 valence electrons. The van der Waals surface area contributed by atoms with E-state index in [1.54, 1.807) is 66.7 Å². The van der Waals surface area contributed by atoms with Crippen LogP contribution < -0.4 is 9.47 Å². The van der Waals surface area contributed by atoms with E-state index < -0.39 is 5.97 Å². The third kappa shape index (κ3) is 5.50. The molecule has 6 nitrogen and oxygen atoms in total. The number of hydrogen-bond donors (Lipinski definition) is 0. The van der Waals surface area contributed by atoms with Gasteiger partial charge in [-0.3, -0.25) is 14.5 Å². The van der Waals surface area contributed by atoms with Crippen LogP contribution in [0, 0.1) is 0 Å². The van der Waals surface area contributed by atoms with Crippen LogP contribution in [0.3, 0.4) is 0 Å². The first-order valence-electron chi connectivity index (χ1n) is 10.5. The second kappa shape index (κ2) is 10.6. The fraction of sp³-hybridized carbons (Fsp3) is 0.115. The van der Waals surface area contributed by atoms with E-state index in [2.05, 4.69) is 0 Å². The van der Waals surface area contributed by atoms with E-state index >= 15 is 0 Å². The first-order valence-corrected chi connectivity index (χ1v) is 11.7. The van der Waals surface area contributed by atoms with Gasteiger partial charge in [0.05, 0.1) is 23.6 Å². The van der Waals surface area contributed by atoms with Crippen LogP contribution in [0.2, 0.25) is 5.02 Å². The van der Waals surface area contributed by atoms with Gasteiger partial charge < -0.3 is 9.47 Å². The van der Waals surface area contributed by atoms with Gasteiger partial charge in [0.15, 0.2) is 11.5 Å². The summed E-state index contributed by atoms with van der Waals surface area (Å²) in [6, 6.07) is 20.6. The number of hydrogen-bond acceptors (Lipinski definition) is 6. The Morgan fingerprint density at radius 1 is 1.00 bits per heavy atom. The van der Waals surface area contributed by atoms with Gasteiger partial charge in [0, 0.05) is 5.02 Å². The number of halogens is 1. The average molecular weight is 494 g/mol. The maximum atomic E-state index is 12.9. The summed E-state index contributed by atoms with van der Waals surface area (Å²) in [5, 5.41) is 0.186. The molecular weight excluding hydrogens is 474 g/mol. The molecule has 0 radical (unpaired) electrons. The summed E-state index contributed by atoms with van der Waals surface area (Å²) in [4.78, 5) is 39.2. The van der Waals surface area contributed by atoms with E-state index in [4.69, 9.17) is 21.1 Å². The van der Waals surface area contributed by atoms with Crippen LogP contribution in [0.4, 0.5) is 4.79 Å². The molecule has 1 aliphatic heterocycles. The molecule has 4 rings (SSSR count). The molecule has 0 atom stereocenters. The van der Waals surface area contributed by atoms with Crippen molar-refractivity contribution in [1.82, 2.24) is 4.90 Å². The van der Waals surface area contributed by atoms with Crippen molar-refractivity contribution >= 4 is 46.6 Å². The lowest BCUT2D eigenvalue weighted by atomic mass is 10.1. The SMILES string of the molecule is CCOc1cc(/C=C2\SC(=O)N(Cc3cccc(Cl)c3)C2=O)ccc1OC(=O)c1ccccc1.